The van der Waals surface area contributed by atoms with Gasteiger partial charge in [-0.2, -0.15) is 0 Å². The van der Waals surface area contributed by atoms with Crippen LogP contribution in [0.5, 0.6) is 0 Å². The van der Waals surface area contributed by atoms with E-state index < -0.39 is 11.6 Å². The van der Waals surface area contributed by atoms with E-state index in [0.29, 0.717) is 54.1 Å². The van der Waals surface area contributed by atoms with Crippen LogP contribution in [-0.4, -0.2) is 27.6 Å². The molecule has 140 valence electrons. The zero-order chi connectivity index (χ0) is 18.3. The summed E-state index contributed by atoms with van der Waals surface area (Å²) in [7, 11) is 0. The molecule has 0 unspecified atom stereocenters. The second kappa shape index (κ2) is 5.31. The van der Waals surface area contributed by atoms with E-state index in [1.807, 2.05) is 6.08 Å². The first-order chi connectivity index (χ1) is 12.3. The number of aliphatic hydroxyl groups is 1. The molecule has 5 aliphatic carbocycles. The van der Waals surface area contributed by atoms with E-state index in [1.54, 1.807) is 6.08 Å². The predicted molar refractivity (Wildman–Crippen MR) is 96.2 cm³/mol. The van der Waals surface area contributed by atoms with Crippen molar-refractivity contribution in [1.82, 2.24) is 0 Å². The summed E-state index contributed by atoms with van der Waals surface area (Å²) < 4.78 is 0. The van der Waals surface area contributed by atoms with Crippen molar-refractivity contribution < 1.29 is 19.8 Å². The quantitative estimate of drug-likeness (QED) is 0.744. The van der Waals surface area contributed by atoms with E-state index in [-0.39, 0.29) is 5.41 Å². The lowest BCUT2D eigenvalue weighted by molar-refractivity contribution is -0.132. The van der Waals surface area contributed by atoms with Gasteiger partial charge >= 0.3 is 5.97 Å². The summed E-state index contributed by atoms with van der Waals surface area (Å²) in [5, 5.41) is 20.4. The van der Waals surface area contributed by atoms with E-state index >= 15 is 0 Å². The molecule has 0 aromatic heterocycles. The van der Waals surface area contributed by atoms with Gasteiger partial charge in [0.05, 0.1) is 5.60 Å². The van der Waals surface area contributed by atoms with E-state index in [9.17, 15) is 14.7 Å². The Morgan fingerprint density at radius 3 is 2.77 bits per heavy atom. The highest BCUT2D eigenvalue weighted by molar-refractivity contribution is 5.91. The molecule has 4 nitrogen and oxygen atoms in total. The van der Waals surface area contributed by atoms with Gasteiger partial charge in [-0.1, -0.05) is 12.5 Å². The molecule has 2 N–H and O–H groups in total. The van der Waals surface area contributed by atoms with Crippen LogP contribution in [0.4, 0.5) is 0 Å². The second-order valence-corrected chi connectivity index (χ2v) is 9.70. The molecule has 0 saturated heterocycles. The van der Waals surface area contributed by atoms with Crippen molar-refractivity contribution in [3.8, 4) is 0 Å². The summed E-state index contributed by atoms with van der Waals surface area (Å²) in [6.45, 7) is 2.19. The highest BCUT2D eigenvalue weighted by Gasteiger charge is 2.67. The lowest BCUT2D eigenvalue weighted by atomic mass is 9.50. The van der Waals surface area contributed by atoms with Gasteiger partial charge in [0.2, 0.25) is 0 Å². The third kappa shape index (κ3) is 2.11. The van der Waals surface area contributed by atoms with Crippen molar-refractivity contribution in [1.29, 1.82) is 0 Å². The third-order valence-electron chi connectivity index (χ3n) is 8.84. The molecule has 8 atom stereocenters. The fourth-order valence-corrected chi connectivity index (χ4v) is 7.54. The molecule has 0 spiro atoms. The second-order valence-electron chi connectivity index (χ2n) is 9.70. The van der Waals surface area contributed by atoms with E-state index in [1.165, 1.54) is 12.0 Å². The van der Waals surface area contributed by atoms with Crippen LogP contribution in [0.25, 0.3) is 0 Å². The molecule has 5 rings (SSSR count). The Kier molecular flexibility index (Phi) is 3.42. The number of aliphatic carboxylic acids is 1. The number of carbonyl (C=O) groups excluding carboxylic acids is 1. The summed E-state index contributed by atoms with van der Waals surface area (Å²) in [6, 6.07) is 0. The number of carboxylic acid groups (broad SMARTS) is 1. The SMILES string of the molecule is C[C@]12CC[C@H]3[C@@H]([C@H]4C[C@H]4C4=CC(=O)CC[C@@H]43)[C@@H]1CC[C@@]2(O)/C=C\C(=O)O. The van der Waals surface area contributed by atoms with Crippen molar-refractivity contribution in [3.63, 3.8) is 0 Å². The van der Waals surface area contributed by atoms with Gasteiger partial charge in [0.15, 0.2) is 5.78 Å². The molecule has 0 amide bonds. The van der Waals surface area contributed by atoms with Crippen LogP contribution in [0.2, 0.25) is 0 Å². The molecule has 4 saturated carbocycles. The molecular formula is C22H28O4. The van der Waals surface area contributed by atoms with Gasteiger partial charge < -0.3 is 10.2 Å². The van der Waals surface area contributed by atoms with E-state index in [0.717, 1.165) is 31.8 Å². The molecule has 0 aromatic carbocycles. The maximum absolute atomic E-state index is 11.9. The number of ketones is 1. The summed E-state index contributed by atoms with van der Waals surface area (Å²) in [4.78, 5) is 22.9. The van der Waals surface area contributed by atoms with E-state index in [4.69, 9.17) is 5.11 Å². The van der Waals surface area contributed by atoms with Crippen molar-refractivity contribution in [2.24, 2.45) is 40.9 Å². The third-order valence-corrected chi connectivity index (χ3v) is 8.84. The average Bonchev–Trinajstić information content (AvgIpc) is 3.35. The van der Waals surface area contributed by atoms with Gasteiger partial charge in [-0.3, -0.25) is 4.79 Å². The Morgan fingerprint density at radius 2 is 2.00 bits per heavy atom. The first kappa shape index (κ1) is 16.7. The Morgan fingerprint density at radius 1 is 1.19 bits per heavy atom. The lowest BCUT2D eigenvalue weighted by Crippen LogP contribution is -2.52. The van der Waals surface area contributed by atoms with Crippen molar-refractivity contribution in [3.05, 3.63) is 23.8 Å². The van der Waals surface area contributed by atoms with Gasteiger partial charge in [-0.15, -0.1) is 0 Å². The first-order valence-corrected chi connectivity index (χ1v) is 10.2. The van der Waals surface area contributed by atoms with Crippen LogP contribution >= 0.6 is 0 Å². The molecule has 4 heteroatoms. The standard InChI is InChI=1S/C22H28O4/c1-21-7-4-14-13-3-2-12(23)10-15(13)16-11-17(16)20(14)18(21)5-8-22(21,26)9-6-19(24)25/h6,9-10,13-14,16-18,20,26H,2-5,7-8,11H2,1H3,(H,24,25)/b9-6-/t13-,14-,16+,17+,18+,20+,21+,22-/m1/s1. The maximum Gasteiger partial charge on any atom is 0.328 e. The van der Waals surface area contributed by atoms with E-state index in [2.05, 4.69) is 6.92 Å². The van der Waals surface area contributed by atoms with Crippen molar-refractivity contribution in [2.75, 3.05) is 0 Å². The highest BCUT2D eigenvalue weighted by Crippen LogP contribution is 2.72. The fourth-order valence-electron chi connectivity index (χ4n) is 7.54. The number of fused-ring (bicyclic) bond motifs is 8. The zero-order valence-electron chi connectivity index (χ0n) is 15.4. The molecule has 0 bridgehead atoms. The Labute approximate surface area is 154 Å². The maximum atomic E-state index is 11.9. The largest absolute Gasteiger partial charge is 0.478 e. The summed E-state index contributed by atoms with van der Waals surface area (Å²) in [5.41, 5.74) is 0.235. The number of allylic oxidation sites excluding steroid dienone is 1. The molecule has 0 heterocycles. The first-order valence-electron chi connectivity index (χ1n) is 10.2. The van der Waals surface area contributed by atoms with Crippen LogP contribution in [0.3, 0.4) is 0 Å². The monoisotopic (exact) mass is 356 g/mol. The minimum Gasteiger partial charge on any atom is -0.478 e. The smallest absolute Gasteiger partial charge is 0.328 e. The number of carboxylic acids is 1. The Bertz CT molecular complexity index is 736. The molecule has 5 aliphatic rings. The Balaban J connectivity index is 1.48. The molecule has 0 radical (unpaired) electrons. The highest BCUT2D eigenvalue weighted by atomic mass is 16.4. The topological polar surface area (TPSA) is 74.6 Å². The molecule has 0 aromatic rings. The molecule has 26 heavy (non-hydrogen) atoms. The normalized spacial score (nSPS) is 51.9. The minimum atomic E-state index is -0.996. The molecule has 0 aliphatic heterocycles. The van der Waals surface area contributed by atoms with Crippen LogP contribution < -0.4 is 0 Å². The predicted octanol–water partition coefficient (Wildman–Crippen LogP) is 3.36. The number of carbonyl (C=O) groups is 2. The summed E-state index contributed by atoms with van der Waals surface area (Å²) in [6.07, 6.45) is 11.3. The number of hydrogen-bond donors (Lipinski definition) is 2. The summed E-state index contributed by atoms with van der Waals surface area (Å²) >= 11 is 0. The lowest BCUT2D eigenvalue weighted by Gasteiger charge is -2.55. The van der Waals surface area contributed by atoms with Crippen LogP contribution in [0.1, 0.15) is 51.9 Å². The minimum absolute atomic E-state index is 0.223. The van der Waals surface area contributed by atoms with Crippen LogP contribution in [-0.2, 0) is 9.59 Å². The summed E-state index contributed by atoms with van der Waals surface area (Å²) in [5.74, 6) is 2.96. The molecule has 4 fully saturated rings. The Hall–Kier alpha value is -1.42. The van der Waals surface area contributed by atoms with Gasteiger partial charge in [0, 0.05) is 17.9 Å². The van der Waals surface area contributed by atoms with Crippen molar-refractivity contribution >= 4 is 11.8 Å². The fraction of sp³-hybridized carbons (Fsp3) is 0.727. The van der Waals surface area contributed by atoms with Gasteiger partial charge in [0.25, 0.3) is 0 Å². The van der Waals surface area contributed by atoms with Gasteiger partial charge in [-0.05, 0) is 86.2 Å². The molecular weight excluding hydrogens is 328 g/mol. The van der Waals surface area contributed by atoms with Crippen molar-refractivity contribution in [2.45, 2.75) is 57.5 Å². The van der Waals surface area contributed by atoms with Gasteiger partial charge in [0.1, 0.15) is 0 Å². The average molecular weight is 356 g/mol. The van der Waals surface area contributed by atoms with Crippen LogP contribution in [0.15, 0.2) is 23.8 Å². The number of rotatable bonds is 2. The zero-order valence-corrected chi connectivity index (χ0v) is 15.4. The van der Waals surface area contributed by atoms with Gasteiger partial charge in [-0.25, -0.2) is 4.79 Å². The number of hydrogen-bond acceptors (Lipinski definition) is 3. The van der Waals surface area contributed by atoms with Crippen LogP contribution in [0, 0.1) is 40.9 Å².